The van der Waals surface area contributed by atoms with Crippen LogP contribution in [0.5, 0.6) is 0 Å². The van der Waals surface area contributed by atoms with Crippen molar-refractivity contribution in [3.05, 3.63) is 102 Å². The number of ketones is 1. The number of hydrogen-bond donors (Lipinski definition) is 1. The van der Waals surface area contributed by atoms with Crippen LogP contribution in [0.2, 0.25) is 0 Å². The first-order valence-corrected chi connectivity index (χ1v) is 13.1. The second-order valence-electron chi connectivity index (χ2n) is 9.23. The van der Waals surface area contributed by atoms with Gasteiger partial charge in [0.25, 0.3) is 10.0 Å². The molecule has 1 N–H and O–H groups in total. The Balaban J connectivity index is 1.59. The number of benzene rings is 3. The second-order valence-corrected chi connectivity index (χ2v) is 11.0. The number of carboxylic acid groups (broad SMARTS) is 1. The zero-order valence-electron chi connectivity index (χ0n) is 19.7. The second kappa shape index (κ2) is 9.22. The van der Waals surface area contributed by atoms with Gasteiger partial charge in [-0.25, -0.2) is 17.2 Å². The van der Waals surface area contributed by atoms with Crippen molar-refractivity contribution < 1.29 is 23.1 Å². The minimum atomic E-state index is -3.96. The molecule has 2 heterocycles. The number of nitrogens with zero attached hydrogens (tertiary/aromatic N) is 3. The molecule has 8 nitrogen and oxygen atoms in total. The van der Waals surface area contributed by atoms with Crippen molar-refractivity contribution in [2.24, 2.45) is 5.41 Å². The number of amides is 1. The molecular weight excluding hydrogens is 490 g/mol. The first-order valence-electron chi connectivity index (χ1n) is 11.7. The number of carbonyl (C=O) groups excluding carboxylic acids is 1. The van der Waals surface area contributed by atoms with Gasteiger partial charge in [-0.1, -0.05) is 48.5 Å². The molecule has 0 saturated carbocycles. The number of aromatic nitrogens is 1. The monoisotopic (exact) mass is 513 g/mol. The molecule has 1 amide bonds. The molecule has 37 heavy (non-hydrogen) atoms. The summed E-state index contributed by atoms with van der Waals surface area (Å²) in [7, 11) is -3.96. The molecular formula is C28H23N3O5S. The van der Waals surface area contributed by atoms with Crippen LogP contribution in [0.25, 0.3) is 10.9 Å². The molecule has 1 aliphatic heterocycles. The van der Waals surface area contributed by atoms with Gasteiger partial charge in [0.15, 0.2) is 5.78 Å². The van der Waals surface area contributed by atoms with Crippen LogP contribution in [0.1, 0.15) is 27.9 Å². The summed E-state index contributed by atoms with van der Waals surface area (Å²) in [4.78, 5) is 27.0. The van der Waals surface area contributed by atoms with Crippen molar-refractivity contribution in [3.8, 4) is 6.07 Å². The largest absolute Gasteiger partial charge is 0.465 e. The van der Waals surface area contributed by atoms with Crippen LogP contribution in [0.4, 0.5) is 4.79 Å². The molecule has 0 radical (unpaired) electrons. The molecule has 0 aliphatic carbocycles. The highest BCUT2D eigenvalue weighted by Crippen LogP contribution is 2.39. The molecule has 9 heteroatoms. The average Bonchev–Trinajstić information content (AvgIpc) is 3.52. The van der Waals surface area contributed by atoms with Crippen molar-refractivity contribution in [1.82, 2.24) is 8.87 Å². The molecule has 1 unspecified atom stereocenters. The van der Waals surface area contributed by atoms with Crippen LogP contribution in [0, 0.1) is 16.7 Å². The fraction of sp³-hybridized carbons (Fsp3) is 0.179. The first-order chi connectivity index (χ1) is 17.7. The maximum absolute atomic E-state index is 14.0. The molecule has 0 bridgehead atoms. The van der Waals surface area contributed by atoms with Gasteiger partial charge in [0.2, 0.25) is 0 Å². The minimum Gasteiger partial charge on any atom is -0.465 e. The molecule has 4 aromatic rings. The summed E-state index contributed by atoms with van der Waals surface area (Å²) in [6.45, 7) is 0.300. The molecule has 5 rings (SSSR count). The van der Waals surface area contributed by atoms with E-state index < -0.39 is 21.5 Å². The summed E-state index contributed by atoms with van der Waals surface area (Å²) in [5.74, 6) is -0.232. The van der Waals surface area contributed by atoms with Gasteiger partial charge in [-0.05, 0) is 48.7 Å². The predicted molar refractivity (Wildman–Crippen MR) is 137 cm³/mol. The first kappa shape index (κ1) is 24.3. The lowest BCUT2D eigenvalue weighted by Gasteiger charge is -2.28. The van der Waals surface area contributed by atoms with Crippen LogP contribution in [-0.2, 0) is 16.4 Å². The summed E-state index contributed by atoms with van der Waals surface area (Å²) in [5.41, 5.74) is 0.662. The number of Topliss-reactive ketones (excluding diaryl/α,β-unsaturated/α-hetero) is 1. The van der Waals surface area contributed by atoms with Gasteiger partial charge >= 0.3 is 6.09 Å². The number of rotatable bonds is 6. The van der Waals surface area contributed by atoms with Crippen molar-refractivity contribution in [2.45, 2.75) is 17.7 Å². The maximum Gasteiger partial charge on any atom is 0.407 e. The van der Waals surface area contributed by atoms with Crippen molar-refractivity contribution in [2.75, 3.05) is 13.1 Å². The van der Waals surface area contributed by atoms with Crippen LogP contribution >= 0.6 is 0 Å². The number of hydrogen-bond acceptors (Lipinski definition) is 5. The number of nitriles is 1. The van der Waals surface area contributed by atoms with Gasteiger partial charge in [0.1, 0.15) is 6.07 Å². The summed E-state index contributed by atoms with van der Waals surface area (Å²) >= 11 is 0. The van der Waals surface area contributed by atoms with E-state index in [0.29, 0.717) is 23.8 Å². The Morgan fingerprint density at radius 1 is 1.00 bits per heavy atom. The number of carbonyl (C=O) groups is 2. The highest BCUT2D eigenvalue weighted by atomic mass is 32.2. The lowest BCUT2D eigenvalue weighted by Crippen LogP contribution is -2.38. The van der Waals surface area contributed by atoms with E-state index in [-0.39, 0.29) is 34.8 Å². The lowest BCUT2D eigenvalue weighted by molar-refractivity contribution is 0.0796. The fourth-order valence-corrected chi connectivity index (χ4v) is 6.46. The summed E-state index contributed by atoms with van der Waals surface area (Å²) in [6, 6.07) is 24.0. The molecule has 3 aromatic carbocycles. The normalized spacial score (nSPS) is 17.5. The van der Waals surface area contributed by atoms with Crippen molar-refractivity contribution in [3.63, 3.8) is 0 Å². The Bertz CT molecular complexity index is 1660. The van der Waals surface area contributed by atoms with Crippen LogP contribution in [0.3, 0.4) is 0 Å². The van der Waals surface area contributed by atoms with Gasteiger partial charge in [0, 0.05) is 30.2 Å². The maximum atomic E-state index is 14.0. The van der Waals surface area contributed by atoms with Crippen molar-refractivity contribution in [1.29, 1.82) is 5.26 Å². The van der Waals surface area contributed by atoms with E-state index in [4.69, 9.17) is 0 Å². The Morgan fingerprint density at radius 2 is 1.68 bits per heavy atom. The predicted octanol–water partition coefficient (Wildman–Crippen LogP) is 4.55. The van der Waals surface area contributed by atoms with E-state index in [1.54, 1.807) is 30.3 Å². The Labute approximate surface area is 214 Å². The third kappa shape index (κ3) is 4.26. The van der Waals surface area contributed by atoms with E-state index in [9.17, 15) is 28.4 Å². The fourth-order valence-electron chi connectivity index (χ4n) is 5.07. The Kier molecular flexibility index (Phi) is 6.05. The Morgan fingerprint density at radius 3 is 2.30 bits per heavy atom. The van der Waals surface area contributed by atoms with Crippen LogP contribution in [0.15, 0.2) is 90.0 Å². The smallest absolute Gasteiger partial charge is 0.407 e. The van der Waals surface area contributed by atoms with E-state index in [0.717, 1.165) is 9.54 Å². The van der Waals surface area contributed by atoms with Crippen LogP contribution in [-0.4, -0.2) is 47.4 Å². The van der Waals surface area contributed by atoms with Gasteiger partial charge < -0.3 is 10.0 Å². The number of fused-ring (bicyclic) bond motifs is 1. The highest BCUT2D eigenvalue weighted by molar-refractivity contribution is 7.90. The molecule has 1 aromatic heterocycles. The van der Waals surface area contributed by atoms with Crippen molar-refractivity contribution >= 4 is 32.8 Å². The molecule has 1 saturated heterocycles. The molecule has 186 valence electrons. The summed E-state index contributed by atoms with van der Waals surface area (Å²) < 4.78 is 27.6. The third-order valence-electron chi connectivity index (χ3n) is 6.94. The van der Waals surface area contributed by atoms with Crippen LogP contribution < -0.4 is 0 Å². The van der Waals surface area contributed by atoms with E-state index in [1.165, 1.54) is 29.3 Å². The zero-order valence-corrected chi connectivity index (χ0v) is 20.6. The van der Waals surface area contributed by atoms with Gasteiger partial charge in [-0.3, -0.25) is 4.79 Å². The quantitative estimate of drug-likeness (QED) is 0.378. The van der Waals surface area contributed by atoms with Gasteiger partial charge in [-0.15, -0.1) is 0 Å². The minimum absolute atomic E-state index is 0.0581. The van der Waals surface area contributed by atoms with E-state index >= 15 is 0 Å². The van der Waals surface area contributed by atoms with Gasteiger partial charge in [0.05, 0.1) is 21.4 Å². The molecule has 1 atom stereocenters. The average molecular weight is 514 g/mol. The SMILES string of the molecule is N#Cc1cn(S(=O)(=O)c2ccccc2)c2ccc(C(=O)C3(Cc4ccccc4)CCN(C(=O)O)C3)cc12. The summed E-state index contributed by atoms with van der Waals surface area (Å²) in [5, 5.41) is 19.7. The zero-order chi connectivity index (χ0) is 26.2. The lowest BCUT2D eigenvalue weighted by atomic mass is 9.74. The third-order valence-corrected chi connectivity index (χ3v) is 8.63. The van der Waals surface area contributed by atoms with E-state index in [2.05, 4.69) is 0 Å². The highest BCUT2D eigenvalue weighted by Gasteiger charge is 2.46. The molecule has 1 fully saturated rings. The standard InChI is InChI=1S/C28H23N3O5S/c29-17-22-18-31(37(35,36)23-9-5-2-6-10-23)25-12-11-21(15-24(22)25)26(32)28(13-14-30(19-28)27(33)34)16-20-7-3-1-4-8-20/h1-12,15,18H,13-14,16,19H2,(H,33,34). The number of likely N-dealkylation sites (tertiary alicyclic amines) is 1. The Hall–Kier alpha value is -4.42. The topological polar surface area (TPSA) is 120 Å². The molecule has 1 aliphatic rings. The molecule has 0 spiro atoms. The van der Waals surface area contributed by atoms with Gasteiger partial charge in [-0.2, -0.15) is 5.26 Å². The van der Waals surface area contributed by atoms with E-state index in [1.807, 2.05) is 36.4 Å². The summed E-state index contributed by atoms with van der Waals surface area (Å²) in [6.07, 6.45) is 0.916.